The quantitative estimate of drug-likeness (QED) is 0.553. The molecule has 0 fully saturated rings. The number of carbonyl (C=O) groups excluding carboxylic acids is 1. The van der Waals surface area contributed by atoms with E-state index >= 15 is 0 Å². The largest absolute Gasteiger partial charge is 0.399 e. The fraction of sp³-hybridized carbons (Fsp3) is 0.296. The van der Waals surface area contributed by atoms with E-state index in [0.29, 0.717) is 11.3 Å². The Morgan fingerprint density at radius 2 is 1.63 bits per heavy atom. The van der Waals surface area contributed by atoms with Crippen LogP contribution >= 0.6 is 0 Å². The van der Waals surface area contributed by atoms with Gasteiger partial charge in [-0.05, 0) is 67.6 Å². The van der Waals surface area contributed by atoms with Crippen molar-refractivity contribution in [1.82, 2.24) is 0 Å². The van der Waals surface area contributed by atoms with Gasteiger partial charge in [0.1, 0.15) is 0 Å². The fourth-order valence-corrected chi connectivity index (χ4v) is 5.03. The maximum Gasteiger partial charge on any atom is 0.258 e. The molecule has 0 aliphatic carbocycles. The van der Waals surface area contributed by atoms with Gasteiger partial charge in [-0.25, -0.2) is 0 Å². The van der Waals surface area contributed by atoms with Crippen LogP contribution in [0.25, 0.3) is 0 Å². The number of amides is 1. The molecule has 3 aromatic carbocycles. The average molecular weight is 399 g/mol. The van der Waals surface area contributed by atoms with Crippen LogP contribution in [0.4, 0.5) is 11.4 Å². The van der Waals surface area contributed by atoms with E-state index in [1.165, 1.54) is 11.1 Å². The highest BCUT2D eigenvalue weighted by molar-refractivity contribution is 6.08. The van der Waals surface area contributed by atoms with E-state index < -0.39 is 0 Å². The van der Waals surface area contributed by atoms with Crippen LogP contribution in [0.3, 0.4) is 0 Å². The predicted molar refractivity (Wildman–Crippen MR) is 125 cm³/mol. The van der Waals surface area contributed by atoms with E-state index in [0.717, 1.165) is 24.1 Å². The number of aryl methyl sites for hydroxylation is 1. The van der Waals surface area contributed by atoms with Crippen LogP contribution in [0.15, 0.2) is 72.8 Å². The monoisotopic (exact) mass is 398 g/mol. The summed E-state index contributed by atoms with van der Waals surface area (Å²) in [5.41, 5.74) is 11.5. The summed E-state index contributed by atoms with van der Waals surface area (Å²) in [7, 11) is 0. The Bertz CT molecular complexity index is 1070. The van der Waals surface area contributed by atoms with Gasteiger partial charge in [0, 0.05) is 22.2 Å². The summed E-state index contributed by atoms with van der Waals surface area (Å²) in [6.07, 6.45) is 1.78. The topological polar surface area (TPSA) is 46.3 Å². The number of carbonyl (C=O) groups is 1. The Morgan fingerprint density at radius 1 is 0.967 bits per heavy atom. The maximum atomic E-state index is 13.7. The molecule has 1 atom stereocenters. The molecule has 3 nitrogen and oxygen atoms in total. The molecule has 1 amide bonds. The number of benzene rings is 3. The fourth-order valence-electron chi connectivity index (χ4n) is 5.03. The Morgan fingerprint density at radius 3 is 2.27 bits per heavy atom. The first-order chi connectivity index (χ1) is 14.3. The number of nitrogen functional groups attached to an aromatic ring is 1. The van der Waals surface area contributed by atoms with Gasteiger partial charge in [0.25, 0.3) is 5.91 Å². The summed E-state index contributed by atoms with van der Waals surface area (Å²) in [4.78, 5) is 15.7. The number of nitrogens with zero attached hydrogens (tertiary/aromatic N) is 1. The molecule has 1 heterocycles. The van der Waals surface area contributed by atoms with E-state index in [1.54, 1.807) is 0 Å². The van der Waals surface area contributed by atoms with E-state index in [-0.39, 0.29) is 16.9 Å². The summed E-state index contributed by atoms with van der Waals surface area (Å²) < 4.78 is 0. The minimum Gasteiger partial charge on any atom is -0.399 e. The highest BCUT2D eigenvalue weighted by Crippen LogP contribution is 2.51. The molecular formula is C27H30N2O. The van der Waals surface area contributed by atoms with Gasteiger partial charge >= 0.3 is 0 Å². The smallest absolute Gasteiger partial charge is 0.258 e. The van der Waals surface area contributed by atoms with Crippen LogP contribution in [-0.2, 0) is 11.8 Å². The van der Waals surface area contributed by atoms with Gasteiger partial charge in [0.05, 0.1) is 5.69 Å². The molecule has 2 N–H and O–H groups in total. The second-order valence-corrected chi connectivity index (χ2v) is 9.15. The second-order valence-electron chi connectivity index (χ2n) is 9.15. The van der Waals surface area contributed by atoms with Gasteiger partial charge in [0.2, 0.25) is 0 Å². The van der Waals surface area contributed by atoms with Crippen molar-refractivity contribution in [3.05, 3.63) is 95.1 Å². The summed E-state index contributed by atoms with van der Waals surface area (Å²) >= 11 is 0. The van der Waals surface area contributed by atoms with Crippen molar-refractivity contribution in [2.75, 3.05) is 10.6 Å². The van der Waals surface area contributed by atoms with Crippen molar-refractivity contribution in [1.29, 1.82) is 0 Å². The first kappa shape index (κ1) is 20.2. The number of rotatable bonds is 3. The number of anilines is 2. The highest BCUT2D eigenvalue weighted by atomic mass is 16.2. The van der Waals surface area contributed by atoms with Crippen LogP contribution in [0.5, 0.6) is 0 Å². The number of fused-ring (bicyclic) bond motifs is 1. The molecule has 0 spiro atoms. The summed E-state index contributed by atoms with van der Waals surface area (Å²) in [5, 5.41) is 0. The van der Waals surface area contributed by atoms with Crippen molar-refractivity contribution in [3.63, 3.8) is 0 Å². The molecule has 0 radical (unpaired) electrons. The molecule has 1 aliphatic rings. The molecule has 0 aromatic heterocycles. The zero-order valence-electron chi connectivity index (χ0n) is 18.3. The van der Waals surface area contributed by atoms with Crippen molar-refractivity contribution in [2.24, 2.45) is 0 Å². The minimum absolute atomic E-state index is 0.0182. The molecule has 4 rings (SSSR count). The van der Waals surface area contributed by atoms with Crippen molar-refractivity contribution >= 4 is 17.3 Å². The third kappa shape index (κ3) is 3.28. The van der Waals surface area contributed by atoms with Gasteiger partial charge in [-0.3, -0.25) is 4.79 Å². The van der Waals surface area contributed by atoms with Crippen LogP contribution in [0.1, 0.15) is 61.2 Å². The molecule has 30 heavy (non-hydrogen) atoms. The SMILES string of the molecule is CCc1ccc(C(=O)N2c3cc(N)ccc3C(C)(c3ccccc3)CC2(C)C)cc1. The highest BCUT2D eigenvalue weighted by Gasteiger charge is 2.47. The van der Waals surface area contributed by atoms with Gasteiger partial charge in [-0.2, -0.15) is 0 Å². The second kappa shape index (κ2) is 7.32. The van der Waals surface area contributed by atoms with E-state index in [2.05, 4.69) is 58.0 Å². The van der Waals surface area contributed by atoms with Crippen molar-refractivity contribution < 1.29 is 4.79 Å². The lowest BCUT2D eigenvalue weighted by molar-refractivity contribution is 0.0949. The van der Waals surface area contributed by atoms with Gasteiger partial charge in [0.15, 0.2) is 0 Å². The third-order valence-corrected chi connectivity index (χ3v) is 6.47. The first-order valence-corrected chi connectivity index (χ1v) is 10.7. The minimum atomic E-state index is -0.383. The number of nitrogens with two attached hydrogens (primary N) is 1. The Balaban J connectivity index is 1.88. The predicted octanol–water partition coefficient (Wildman–Crippen LogP) is 5.97. The number of hydrogen-bond donors (Lipinski definition) is 1. The van der Waals surface area contributed by atoms with E-state index in [4.69, 9.17) is 5.73 Å². The van der Waals surface area contributed by atoms with Crippen LogP contribution in [0, 0.1) is 0 Å². The molecule has 0 bridgehead atoms. The van der Waals surface area contributed by atoms with E-state index in [1.807, 2.05) is 47.4 Å². The Labute approximate surface area is 179 Å². The van der Waals surface area contributed by atoms with Crippen molar-refractivity contribution in [3.8, 4) is 0 Å². The lowest BCUT2D eigenvalue weighted by Gasteiger charge is -2.51. The zero-order chi connectivity index (χ0) is 21.5. The molecular weight excluding hydrogens is 368 g/mol. The molecule has 1 unspecified atom stereocenters. The summed E-state index contributed by atoms with van der Waals surface area (Å²) in [6.45, 7) is 8.70. The summed E-state index contributed by atoms with van der Waals surface area (Å²) in [5.74, 6) is 0.0182. The molecule has 0 saturated heterocycles. The first-order valence-electron chi connectivity index (χ1n) is 10.7. The Kier molecular flexibility index (Phi) is 4.93. The van der Waals surface area contributed by atoms with Crippen LogP contribution in [0.2, 0.25) is 0 Å². The van der Waals surface area contributed by atoms with Crippen LogP contribution in [-0.4, -0.2) is 11.4 Å². The lowest BCUT2D eigenvalue weighted by Crippen LogP contribution is -2.55. The standard InChI is InChI=1S/C27H30N2O/c1-5-19-11-13-20(14-12-19)25(30)29-24-17-22(28)15-16-23(24)27(4,18-26(29,2)3)21-9-7-6-8-10-21/h6-17H,5,18,28H2,1-4H3. The molecule has 0 saturated carbocycles. The molecule has 1 aliphatic heterocycles. The number of hydrogen-bond acceptors (Lipinski definition) is 2. The lowest BCUT2D eigenvalue weighted by atomic mass is 9.65. The van der Waals surface area contributed by atoms with Gasteiger partial charge in [-0.1, -0.05) is 62.4 Å². The zero-order valence-corrected chi connectivity index (χ0v) is 18.3. The molecule has 3 aromatic rings. The molecule has 3 heteroatoms. The van der Waals surface area contributed by atoms with E-state index in [9.17, 15) is 4.79 Å². The summed E-state index contributed by atoms with van der Waals surface area (Å²) in [6, 6.07) is 24.5. The maximum absolute atomic E-state index is 13.7. The van der Waals surface area contributed by atoms with Gasteiger partial charge in [-0.15, -0.1) is 0 Å². The van der Waals surface area contributed by atoms with Crippen LogP contribution < -0.4 is 10.6 Å². The Hall–Kier alpha value is -3.07. The average Bonchev–Trinajstić information content (AvgIpc) is 2.73. The normalized spacial score (nSPS) is 19.9. The van der Waals surface area contributed by atoms with Crippen molar-refractivity contribution in [2.45, 2.75) is 51.5 Å². The third-order valence-electron chi connectivity index (χ3n) is 6.47. The van der Waals surface area contributed by atoms with Gasteiger partial charge < -0.3 is 10.6 Å². The molecule has 154 valence electrons.